The molecule has 1 aromatic carbocycles. The molecule has 3 aliphatic rings. The Kier molecular flexibility index (Phi) is 5.99. The van der Waals surface area contributed by atoms with E-state index >= 15 is 0 Å². The van der Waals surface area contributed by atoms with Gasteiger partial charge in [0.15, 0.2) is 11.4 Å². The second-order valence-electron chi connectivity index (χ2n) is 9.03. The molecule has 0 spiro atoms. The lowest BCUT2D eigenvalue weighted by atomic mass is 9.60. The normalized spacial score (nSPS) is 26.3. The Balaban J connectivity index is 1.86. The second kappa shape index (κ2) is 8.52. The van der Waals surface area contributed by atoms with Crippen LogP contribution in [-0.2, 0) is 29.0 Å². The Hall–Kier alpha value is -3.24. The molecular formula is C24H27FN2O7. The number of nitrogens with two attached hydrogens (primary N) is 1. The highest BCUT2D eigenvalue weighted by atomic mass is 19.1. The van der Waals surface area contributed by atoms with Crippen LogP contribution in [0.5, 0.6) is 5.75 Å². The van der Waals surface area contributed by atoms with Gasteiger partial charge in [0.25, 0.3) is 5.91 Å². The van der Waals surface area contributed by atoms with Crippen LogP contribution < -0.4 is 11.1 Å². The zero-order valence-corrected chi connectivity index (χ0v) is 18.7. The first-order chi connectivity index (χ1) is 16.1. The number of benzene rings is 1. The summed E-state index contributed by atoms with van der Waals surface area (Å²) in [7, 11) is 0. The molecule has 0 radical (unpaired) electrons. The van der Waals surface area contributed by atoms with Gasteiger partial charge in [-0.2, -0.15) is 0 Å². The van der Waals surface area contributed by atoms with Crippen molar-refractivity contribution >= 4 is 17.5 Å². The van der Waals surface area contributed by atoms with Gasteiger partial charge in [-0.05, 0) is 36.3 Å². The molecule has 10 heteroatoms. The van der Waals surface area contributed by atoms with E-state index in [9.17, 15) is 39.2 Å². The summed E-state index contributed by atoms with van der Waals surface area (Å²) in [6.07, 6.45) is 0.650. The number of primary amides is 1. The topological polar surface area (TPSA) is 170 Å². The number of aliphatic hydroxyl groups is 3. The number of rotatable bonds is 6. The molecule has 0 heterocycles. The molecule has 0 aromatic heterocycles. The Labute approximate surface area is 194 Å². The van der Waals surface area contributed by atoms with Crippen molar-refractivity contribution in [3.8, 4) is 5.75 Å². The van der Waals surface area contributed by atoms with Gasteiger partial charge >= 0.3 is 0 Å². The van der Waals surface area contributed by atoms with Crippen molar-refractivity contribution in [2.45, 2.75) is 44.8 Å². The summed E-state index contributed by atoms with van der Waals surface area (Å²) in [6.45, 7) is 1.48. The van der Waals surface area contributed by atoms with Crippen molar-refractivity contribution in [3.05, 3.63) is 51.0 Å². The van der Waals surface area contributed by atoms with Crippen LogP contribution in [0.1, 0.15) is 46.8 Å². The van der Waals surface area contributed by atoms with Gasteiger partial charge in [-0.15, -0.1) is 0 Å². The van der Waals surface area contributed by atoms with Crippen molar-refractivity contribution in [2.75, 3.05) is 13.2 Å². The van der Waals surface area contributed by atoms with E-state index in [1.54, 1.807) is 6.07 Å². The zero-order chi connectivity index (χ0) is 24.9. The SMILES string of the molecule is CCc1cc(CNCCF)c(O)c2c1C[C@H]1C[C@H]3CC(O)=C(C(N)=O)C(=O)[C@@]3(O)C(O)=C1C2=O. The summed E-state index contributed by atoms with van der Waals surface area (Å²) in [5.74, 6) is -6.48. The molecule has 1 aromatic rings. The van der Waals surface area contributed by atoms with Gasteiger partial charge in [0.05, 0.1) is 5.56 Å². The molecule has 0 saturated carbocycles. The number of Topliss-reactive ketones (excluding diaryl/α,β-unsaturated/α-hetero) is 2. The van der Waals surface area contributed by atoms with Crippen LogP contribution in [0.25, 0.3) is 0 Å². The number of aromatic hydroxyl groups is 1. The van der Waals surface area contributed by atoms with Crippen LogP contribution >= 0.6 is 0 Å². The monoisotopic (exact) mass is 474 g/mol. The van der Waals surface area contributed by atoms with Crippen LogP contribution in [0.15, 0.2) is 28.7 Å². The standard InChI is InChI=1S/C24H27FN2O7/c1-2-10-5-12(9-27-4-3-25)19(29)17-14(10)7-11-6-13-8-15(28)18(23(26)33)22(32)24(13,34)21(31)16(11)20(17)30/h5,11,13,27-29,31,34H,2-4,6-9H2,1H3,(H2,26,33)/t11-,13+,24+/m1/s1. The van der Waals surface area contributed by atoms with Crippen molar-refractivity contribution < 1.29 is 39.2 Å². The van der Waals surface area contributed by atoms with Crippen LogP contribution in [-0.4, -0.2) is 56.7 Å². The van der Waals surface area contributed by atoms with Crippen LogP contribution in [0.4, 0.5) is 4.39 Å². The van der Waals surface area contributed by atoms with Gasteiger partial charge in [0.1, 0.15) is 29.5 Å². The molecule has 0 saturated heterocycles. The van der Waals surface area contributed by atoms with E-state index < -0.39 is 58.7 Å². The molecule has 3 aliphatic carbocycles. The summed E-state index contributed by atoms with van der Waals surface area (Å²) in [5, 5.41) is 46.3. The first-order valence-electron chi connectivity index (χ1n) is 11.2. The van der Waals surface area contributed by atoms with Crippen LogP contribution in [0.3, 0.4) is 0 Å². The molecule has 0 aliphatic heterocycles. The third-order valence-electron chi connectivity index (χ3n) is 7.20. The van der Waals surface area contributed by atoms with Crippen molar-refractivity contribution in [2.24, 2.45) is 17.6 Å². The fourth-order valence-electron chi connectivity index (χ4n) is 5.57. The minimum atomic E-state index is -2.58. The number of aliphatic hydroxyl groups excluding tert-OH is 2. The van der Waals surface area contributed by atoms with E-state index in [1.165, 1.54) is 0 Å². The summed E-state index contributed by atoms with van der Waals surface area (Å²) in [6, 6.07) is 1.76. The number of hydrogen-bond acceptors (Lipinski definition) is 8. The number of carbonyl (C=O) groups is 3. The van der Waals surface area contributed by atoms with Gasteiger partial charge in [0.2, 0.25) is 5.78 Å². The number of amides is 1. The molecule has 0 bridgehead atoms. The number of allylic oxidation sites excluding steroid dienone is 2. The smallest absolute Gasteiger partial charge is 0.255 e. The van der Waals surface area contributed by atoms with Crippen molar-refractivity contribution in [3.63, 3.8) is 0 Å². The first-order valence-corrected chi connectivity index (χ1v) is 11.2. The largest absolute Gasteiger partial charge is 0.511 e. The summed E-state index contributed by atoms with van der Waals surface area (Å²) < 4.78 is 12.5. The number of aryl methyl sites for hydroxylation is 1. The van der Waals surface area contributed by atoms with Gasteiger partial charge < -0.3 is 31.5 Å². The molecule has 0 unspecified atom stereocenters. The van der Waals surface area contributed by atoms with E-state index in [-0.39, 0.29) is 49.2 Å². The van der Waals surface area contributed by atoms with E-state index in [2.05, 4.69) is 5.32 Å². The number of nitrogens with one attached hydrogen (secondary N) is 1. The summed E-state index contributed by atoms with van der Waals surface area (Å²) in [5.41, 5.74) is 3.42. The van der Waals surface area contributed by atoms with Crippen molar-refractivity contribution in [1.29, 1.82) is 0 Å². The average molecular weight is 474 g/mol. The third-order valence-corrected chi connectivity index (χ3v) is 7.20. The molecule has 1 amide bonds. The minimum absolute atomic E-state index is 0.0204. The Morgan fingerprint density at radius 2 is 1.94 bits per heavy atom. The van der Waals surface area contributed by atoms with Crippen LogP contribution in [0.2, 0.25) is 0 Å². The number of phenols is 1. The molecule has 9 nitrogen and oxygen atoms in total. The quantitative estimate of drug-likeness (QED) is 0.264. The Morgan fingerprint density at radius 1 is 1.24 bits per heavy atom. The first kappa shape index (κ1) is 23.9. The predicted molar refractivity (Wildman–Crippen MR) is 118 cm³/mol. The number of phenolic OH excluding ortho intramolecular Hbond substituents is 1. The molecule has 7 N–H and O–H groups in total. The molecule has 182 valence electrons. The molecule has 3 atom stereocenters. The minimum Gasteiger partial charge on any atom is -0.511 e. The average Bonchev–Trinajstić information content (AvgIpc) is 2.77. The molecule has 0 fully saturated rings. The maximum atomic E-state index is 13.6. The Morgan fingerprint density at radius 3 is 2.56 bits per heavy atom. The third kappa shape index (κ3) is 3.32. The van der Waals surface area contributed by atoms with Crippen LogP contribution in [0, 0.1) is 11.8 Å². The molecular weight excluding hydrogens is 447 g/mol. The maximum absolute atomic E-state index is 13.6. The second-order valence-corrected chi connectivity index (χ2v) is 9.03. The van der Waals surface area contributed by atoms with E-state index in [0.29, 0.717) is 17.5 Å². The van der Waals surface area contributed by atoms with Crippen molar-refractivity contribution in [1.82, 2.24) is 5.32 Å². The van der Waals surface area contributed by atoms with E-state index in [0.717, 1.165) is 5.56 Å². The lowest BCUT2D eigenvalue weighted by Gasteiger charge is -2.45. The fraction of sp³-hybridized carbons (Fsp3) is 0.458. The van der Waals surface area contributed by atoms with Gasteiger partial charge in [0, 0.05) is 36.6 Å². The Bertz CT molecular complexity index is 1170. The molecule has 4 rings (SSSR count). The van der Waals surface area contributed by atoms with E-state index in [4.69, 9.17) is 5.73 Å². The number of fused-ring (bicyclic) bond motifs is 3. The number of hydrogen-bond donors (Lipinski definition) is 6. The van der Waals surface area contributed by atoms with Gasteiger partial charge in [-0.25, -0.2) is 4.39 Å². The highest BCUT2D eigenvalue weighted by Crippen LogP contribution is 2.52. The highest BCUT2D eigenvalue weighted by Gasteiger charge is 2.59. The van der Waals surface area contributed by atoms with Gasteiger partial charge in [-0.1, -0.05) is 13.0 Å². The number of carbonyl (C=O) groups excluding carboxylic acids is 3. The highest BCUT2D eigenvalue weighted by molar-refractivity contribution is 6.24. The summed E-state index contributed by atoms with van der Waals surface area (Å²) in [4.78, 5) is 38.3. The number of halogens is 1. The summed E-state index contributed by atoms with van der Waals surface area (Å²) >= 11 is 0. The molecule has 34 heavy (non-hydrogen) atoms. The predicted octanol–water partition coefficient (Wildman–Crippen LogP) is 1.20. The number of alkyl halides is 1. The van der Waals surface area contributed by atoms with E-state index in [1.807, 2.05) is 6.92 Å². The maximum Gasteiger partial charge on any atom is 0.255 e. The lowest BCUT2D eigenvalue weighted by molar-refractivity contribution is -0.144. The fourth-order valence-corrected chi connectivity index (χ4v) is 5.57. The number of ketones is 2. The van der Waals surface area contributed by atoms with Gasteiger partial charge in [-0.3, -0.25) is 14.4 Å². The zero-order valence-electron chi connectivity index (χ0n) is 18.7. The lowest BCUT2D eigenvalue weighted by Crippen LogP contribution is -2.57.